The molecule has 0 radical (unpaired) electrons. The molecule has 2 aromatic carbocycles. The zero-order valence-corrected chi connectivity index (χ0v) is 13.0. The number of benzene rings is 2. The Labute approximate surface area is 132 Å². The van der Waals surface area contributed by atoms with E-state index in [1.165, 1.54) is 24.0 Å². The van der Waals surface area contributed by atoms with Crippen molar-refractivity contribution in [2.45, 2.75) is 44.7 Å². The number of phenols is 1. The standard InChI is InChI=1S/C19H24N2O/c1-13(9-14-3-2-4-18(22)10-14)21-19-8-7-16(15-5-6-15)11-17(19)12-20/h2-4,7-8,10-11,13,15,21-22H,5-6,9,12,20H2,1H3. The Balaban J connectivity index is 1.69. The van der Waals surface area contributed by atoms with Crippen molar-refractivity contribution in [2.75, 3.05) is 5.32 Å². The first-order valence-corrected chi connectivity index (χ1v) is 8.03. The van der Waals surface area contributed by atoms with Gasteiger partial charge in [0.1, 0.15) is 5.75 Å². The first kappa shape index (κ1) is 14.9. The van der Waals surface area contributed by atoms with Gasteiger partial charge in [-0.15, -0.1) is 0 Å². The van der Waals surface area contributed by atoms with Gasteiger partial charge in [0.15, 0.2) is 0 Å². The number of anilines is 1. The average molecular weight is 296 g/mol. The summed E-state index contributed by atoms with van der Waals surface area (Å²) in [5, 5.41) is 13.1. The maximum absolute atomic E-state index is 9.55. The predicted molar refractivity (Wildman–Crippen MR) is 91.2 cm³/mol. The van der Waals surface area contributed by atoms with Gasteiger partial charge >= 0.3 is 0 Å². The molecule has 22 heavy (non-hydrogen) atoms. The zero-order valence-electron chi connectivity index (χ0n) is 13.0. The Bertz CT molecular complexity index is 650. The van der Waals surface area contributed by atoms with Crippen molar-refractivity contribution in [3.8, 4) is 5.75 Å². The SMILES string of the molecule is CC(Cc1cccc(O)c1)Nc1ccc(C2CC2)cc1CN. The summed E-state index contributed by atoms with van der Waals surface area (Å²) in [6.07, 6.45) is 3.48. The van der Waals surface area contributed by atoms with Crippen LogP contribution in [0.1, 0.15) is 42.4 Å². The van der Waals surface area contributed by atoms with E-state index in [0.29, 0.717) is 12.3 Å². The molecular weight excluding hydrogens is 272 g/mol. The molecule has 0 saturated heterocycles. The number of rotatable bonds is 6. The highest BCUT2D eigenvalue weighted by Crippen LogP contribution is 2.41. The van der Waals surface area contributed by atoms with E-state index in [9.17, 15) is 5.11 Å². The molecule has 0 spiro atoms. The molecule has 1 saturated carbocycles. The van der Waals surface area contributed by atoms with E-state index < -0.39 is 0 Å². The second-order valence-electron chi connectivity index (χ2n) is 6.31. The molecule has 0 aliphatic heterocycles. The van der Waals surface area contributed by atoms with Gasteiger partial charge in [-0.25, -0.2) is 0 Å². The van der Waals surface area contributed by atoms with Crippen molar-refractivity contribution in [1.29, 1.82) is 0 Å². The molecule has 2 aromatic rings. The van der Waals surface area contributed by atoms with Crippen LogP contribution in [0.15, 0.2) is 42.5 Å². The van der Waals surface area contributed by atoms with Crippen LogP contribution >= 0.6 is 0 Å². The lowest BCUT2D eigenvalue weighted by atomic mass is 10.0. The fourth-order valence-electron chi connectivity index (χ4n) is 2.95. The van der Waals surface area contributed by atoms with Gasteiger partial charge in [-0.1, -0.05) is 24.3 Å². The van der Waals surface area contributed by atoms with Gasteiger partial charge in [0.05, 0.1) is 0 Å². The lowest BCUT2D eigenvalue weighted by molar-refractivity contribution is 0.474. The van der Waals surface area contributed by atoms with Gasteiger partial charge in [-0.3, -0.25) is 0 Å². The minimum atomic E-state index is 0.277. The Hall–Kier alpha value is -2.00. The molecule has 1 fully saturated rings. The molecule has 0 heterocycles. The van der Waals surface area contributed by atoms with E-state index in [0.717, 1.165) is 23.6 Å². The first-order chi connectivity index (χ1) is 10.7. The minimum absolute atomic E-state index is 0.277. The third kappa shape index (κ3) is 3.60. The van der Waals surface area contributed by atoms with Gasteiger partial charge in [0.25, 0.3) is 0 Å². The third-order valence-electron chi connectivity index (χ3n) is 4.25. The van der Waals surface area contributed by atoms with Gasteiger partial charge in [0.2, 0.25) is 0 Å². The summed E-state index contributed by atoms with van der Waals surface area (Å²) in [4.78, 5) is 0. The molecule has 3 rings (SSSR count). The van der Waals surface area contributed by atoms with Crippen molar-refractivity contribution in [3.05, 3.63) is 59.2 Å². The molecule has 3 heteroatoms. The van der Waals surface area contributed by atoms with Crippen LogP contribution in [0.4, 0.5) is 5.69 Å². The van der Waals surface area contributed by atoms with E-state index in [2.05, 4.69) is 30.4 Å². The minimum Gasteiger partial charge on any atom is -0.508 e. The summed E-state index contributed by atoms with van der Waals surface area (Å²) in [5.41, 5.74) is 10.8. The third-order valence-corrected chi connectivity index (χ3v) is 4.25. The fraction of sp³-hybridized carbons (Fsp3) is 0.368. The maximum atomic E-state index is 9.55. The Morgan fingerprint density at radius 3 is 2.73 bits per heavy atom. The van der Waals surface area contributed by atoms with Crippen molar-refractivity contribution < 1.29 is 5.11 Å². The fourth-order valence-corrected chi connectivity index (χ4v) is 2.95. The quantitative estimate of drug-likeness (QED) is 0.760. The number of hydrogen-bond donors (Lipinski definition) is 3. The van der Waals surface area contributed by atoms with Crippen LogP contribution in [0.2, 0.25) is 0 Å². The average Bonchev–Trinajstić information content (AvgIpc) is 3.32. The number of nitrogens with two attached hydrogens (primary N) is 1. The summed E-state index contributed by atoms with van der Waals surface area (Å²) in [7, 11) is 0. The predicted octanol–water partition coefficient (Wildman–Crippen LogP) is 3.77. The van der Waals surface area contributed by atoms with Gasteiger partial charge < -0.3 is 16.2 Å². The number of nitrogens with one attached hydrogen (secondary N) is 1. The van der Waals surface area contributed by atoms with Crippen LogP contribution in [0.5, 0.6) is 5.75 Å². The topological polar surface area (TPSA) is 58.3 Å². The van der Waals surface area contributed by atoms with Crippen molar-refractivity contribution in [2.24, 2.45) is 5.73 Å². The van der Waals surface area contributed by atoms with Gasteiger partial charge in [-0.05, 0) is 67.0 Å². The highest BCUT2D eigenvalue weighted by atomic mass is 16.3. The van der Waals surface area contributed by atoms with Crippen LogP contribution < -0.4 is 11.1 Å². The lowest BCUT2D eigenvalue weighted by Crippen LogP contribution is -2.19. The highest BCUT2D eigenvalue weighted by molar-refractivity contribution is 5.54. The number of aromatic hydroxyl groups is 1. The summed E-state index contributed by atoms with van der Waals surface area (Å²) < 4.78 is 0. The van der Waals surface area contributed by atoms with Crippen molar-refractivity contribution in [1.82, 2.24) is 0 Å². The summed E-state index contributed by atoms with van der Waals surface area (Å²) in [6.45, 7) is 2.71. The van der Waals surface area contributed by atoms with Crippen molar-refractivity contribution >= 4 is 5.69 Å². The van der Waals surface area contributed by atoms with Crippen LogP contribution in [0.25, 0.3) is 0 Å². The maximum Gasteiger partial charge on any atom is 0.115 e. The first-order valence-electron chi connectivity index (χ1n) is 8.03. The second-order valence-corrected chi connectivity index (χ2v) is 6.31. The van der Waals surface area contributed by atoms with E-state index >= 15 is 0 Å². The molecule has 3 nitrogen and oxygen atoms in total. The number of hydrogen-bond acceptors (Lipinski definition) is 3. The molecule has 4 N–H and O–H groups in total. The highest BCUT2D eigenvalue weighted by Gasteiger charge is 2.24. The molecule has 0 amide bonds. The van der Waals surface area contributed by atoms with Crippen LogP contribution in [0.3, 0.4) is 0 Å². The van der Waals surface area contributed by atoms with E-state index in [-0.39, 0.29) is 6.04 Å². The molecule has 116 valence electrons. The van der Waals surface area contributed by atoms with Crippen LogP contribution in [-0.2, 0) is 13.0 Å². The van der Waals surface area contributed by atoms with Gasteiger partial charge in [0, 0.05) is 18.3 Å². The van der Waals surface area contributed by atoms with E-state index in [1.807, 2.05) is 18.2 Å². The smallest absolute Gasteiger partial charge is 0.115 e. The summed E-state index contributed by atoms with van der Waals surface area (Å²) >= 11 is 0. The molecule has 1 unspecified atom stereocenters. The van der Waals surface area contributed by atoms with Crippen LogP contribution in [-0.4, -0.2) is 11.1 Å². The molecule has 1 atom stereocenters. The zero-order chi connectivity index (χ0) is 15.5. The molecule has 0 aromatic heterocycles. The van der Waals surface area contributed by atoms with Crippen molar-refractivity contribution in [3.63, 3.8) is 0 Å². The lowest BCUT2D eigenvalue weighted by Gasteiger charge is -2.19. The van der Waals surface area contributed by atoms with Crippen LogP contribution in [0, 0.1) is 0 Å². The Morgan fingerprint density at radius 1 is 1.23 bits per heavy atom. The Morgan fingerprint density at radius 2 is 2.05 bits per heavy atom. The summed E-state index contributed by atoms with van der Waals surface area (Å²) in [6, 6.07) is 14.4. The Kier molecular flexibility index (Phi) is 4.34. The molecular formula is C19H24N2O. The second kappa shape index (κ2) is 6.41. The normalized spacial score (nSPS) is 15.5. The monoisotopic (exact) mass is 296 g/mol. The van der Waals surface area contributed by atoms with Gasteiger partial charge in [-0.2, -0.15) is 0 Å². The van der Waals surface area contributed by atoms with E-state index in [1.54, 1.807) is 6.07 Å². The summed E-state index contributed by atoms with van der Waals surface area (Å²) in [5.74, 6) is 1.07. The molecule has 0 bridgehead atoms. The molecule has 1 aliphatic rings. The van der Waals surface area contributed by atoms with E-state index in [4.69, 9.17) is 5.73 Å². The molecule has 1 aliphatic carbocycles. The largest absolute Gasteiger partial charge is 0.508 e. The number of phenolic OH excluding ortho intramolecular Hbond substituents is 1.